The second-order valence-corrected chi connectivity index (χ2v) is 7.35. The van der Waals surface area contributed by atoms with Crippen LogP contribution in [0.1, 0.15) is 40.9 Å². The third-order valence-corrected chi connectivity index (χ3v) is 5.61. The number of rotatable bonds is 7. The second kappa shape index (κ2) is 7.53. The quantitative estimate of drug-likeness (QED) is 0.460. The summed E-state index contributed by atoms with van der Waals surface area (Å²) in [6, 6.07) is 3.87. The van der Waals surface area contributed by atoms with Crippen molar-refractivity contribution < 1.29 is 9.21 Å². The van der Waals surface area contributed by atoms with Gasteiger partial charge in [-0.25, -0.2) is 0 Å². The average Bonchev–Trinajstić information content (AvgIpc) is 3.27. The third-order valence-electron chi connectivity index (χ3n) is 4.59. The van der Waals surface area contributed by atoms with Gasteiger partial charge >= 0.3 is 0 Å². The van der Waals surface area contributed by atoms with Crippen LogP contribution < -0.4 is 0 Å². The van der Waals surface area contributed by atoms with E-state index in [9.17, 15) is 4.79 Å². The van der Waals surface area contributed by atoms with E-state index >= 15 is 0 Å². The SMILES string of the molecule is CCCn1c(C)cc(C(=O)CSc2nnc(-c3ccoc3C)n2C)c1C. The number of Topliss-reactive ketones (excluding diaryl/α,β-unsaturated/α-hetero) is 1. The van der Waals surface area contributed by atoms with Crippen LogP contribution in [0.3, 0.4) is 0 Å². The van der Waals surface area contributed by atoms with Gasteiger partial charge in [-0.1, -0.05) is 18.7 Å². The van der Waals surface area contributed by atoms with Gasteiger partial charge in [0.25, 0.3) is 0 Å². The number of nitrogens with zero attached hydrogens (tertiary/aromatic N) is 4. The lowest BCUT2D eigenvalue weighted by atomic mass is 10.2. The first-order valence-electron chi connectivity index (χ1n) is 8.70. The molecule has 3 aromatic heterocycles. The fraction of sp³-hybridized carbons (Fsp3) is 0.421. The third kappa shape index (κ3) is 3.35. The summed E-state index contributed by atoms with van der Waals surface area (Å²) in [7, 11) is 1.90. The minimum Gasteiger partial charge on any atom is -0.469 e. The highest BCUT2D eigenvalue weighted by Gasteiger charge is 2.19. The molecule has 0 radical (unpaired) electrons. The maximum atomic E-state index is 12.7. The number of aromatic nitrogens is 4. The fourth-order valence-corrected chi connectivity index (χ4v) is 3.95. The van der Waals surface area contributed by atoms with Crippen molar-refractivity contribution in [3.05, 3.63) is 41.1 Å². The lowest BCUT2D eigenvalue weighted by molar-refractivity contribution is 0.102. The lowest BCUT2D eigenvalue weighted by Gasteiger charge is -2.07. The van der Waals surface area contributed by atoms with Crippen molar-refractivity contribution in [3.8, 4) is 11.4 Å². The van der Waals surface area contributed by atoms with Gasteiger partial charge in [-0.2, -0.15) is 0 Å². The molecular weight excluding hydrogens is 348 g/mol. The molecule has 0 amide bonds. The van der Waals surface area contributed by atoms with Crippen LogP contribution in [0.2, 0.25) is 0 Å². The Balaban J connectivity index is 1.74. The summed E-state index contributed by atoms with van der Waals surface area (Å²) in [6.07, 6.45) is 2.69. The Bertz CT molecular complexity index is 936. The maximum absolute atomic E-state index is 12.7. The van der Waals surface area contributed by atoms with Crippen LogP contribution in [-0.4, -0.2) is 30.9 Å². The molecule has 0 aliphatic rings. The van der Waals surface area contributed by atoms with Gasteiger partial charge in [0.15, 0.2) is 16.8 Å². The molecule has 0 spiro atoms. The van der Waals surface area contributed by atoms with Crippen molar-refractivity contribution in [2.75, 3.05) is 5.75 Å². The molecule has 0 aliphatic heterocycles. The molecule has 0 N–H and O–H groups in total. The molecule has 0 unspecified atom stereocenters. The molecule has 0 fully saturated rings. The molecule has 0 bridgehead atoms. The molecule has 7 heteroatoms. The van der Waals surface area contributed by atoms with Gasteiger partial charge in [-0.3, -0.25) is 4.79 Å². The van der Waals surface area contributed by atoms with E-state index in [2.05, 4.69) is 28.6 Å². The molecule has 0 saturated carbocycles. The smallest absolute Gasteiger partial charge is 0.191 e. The molecule has 3 aromatic rings. The van der Waals surface area contributed by atoms with Gasteiger partial charge in [0.1, 0.15) is 5.76 Å². The Morgan fingerprint density at radius 2 is 2.04 bits per heavy atom. The molecular formula is C19H24N4O2S. The van der Waals surface area contributed by atoms with Gasteiger partial charge in [0.05, 0.1) is 17.6 Å². The largest absolute Gasteiger partial charge is 0.469 e. The number of carbonyl (C=O) groups excluding carboxylic acids is 1. The molecule has 0 aliphatic carbocycles. The predicted octanol–water partition coefficient (Wildman–Crippen LogP) is 4.19. The van der Waals surface area contributed by atoms with E-state index in [0.717, 1.165) is 52.2 Å². The molecule has 3 heterocycles. The van der Waals surface area contributed by atoms with Crippen molar-refractivity contribution in [2.45, 2.75) is 45.8 Å². The highest BCUT2D eigenvalue weighted by atomic mass is 32.2. The summed E-state index contributed by atoms with van der Waals surface area (Å²) in [6.45, 7) is 9.04. The first kappa shape index (κ1) is 18.5. The summed E-state index contributed by atoms with van der Waals surface area (Å²) in [5, 5.41) is 9.20. The van der Waals surface area contributed by atoms with Crippen LogP contribution in [0.25, 0.3) is 11.4 Å². The van der Waals surface area contributed by atoms with Crippen molar-refractivity contribution in [1.82, 2.24) is 19.3 Å². The highest BCUT2D eigenvalue weighted by Crippen LogP contribution is 2.26. The van der Waals surface area contributed by atoms with Gasteiger partial charge in [0.2, 0.25) is 0 Å². The molecule has 0 atom stereocenters. The van der Waals surface area contributed by atoms with Gasteiger partial charge in [-0.15, -0.1) is 10.2 Å². The Kier molecular flexibility index (Phi) is 5.36. The molecule has 138 valence electrons. The minimum absolute atomic E-state index is 0.120. The summed E-state index contributed by atoms with van der Waals surface area (Å²) in [4.78, 5) is 12.7. The molecule has 6 nitrogen and oxygen atoms in total. The van der Waals surface area contributed by atoms with Crippen molar-refractivity contribution in [2.24, 2.45) is 7.05 Å². The van der Waals surface area contributed by atoms with E-state index in [1.807, 2.05) is 37.6 Å². The van der Waals surface area contributed by atoms with E-state index in [4.69, 9.17) is 4.42 Å². The number of ketones is 1. The fourth-order valence-electron chi connectivity index (χ4n) is 3.15. The van der Waals surface area contributed by atoms with Gasteiger partial charge in [-0.05, 0) is 39.3 Å². The Hall–Kier alpha value is -2.28. The number of carbonyl (C=O) groups is 1. The molecule has 0 saturated heterocycles. The zero-order valence-electron chi connectivity index (χ0n) is 15.9. The summed E-state index contributed by atoms with van der Waals surface area (Å²) < 4.78 is 9.45. The summed E-state index contributed by atoms with van der Waals surface area (Å²) in [5.74, 6) is 2.01. The van der Waals surface area contributed by atoms with Crippen molar-refractivity contribution in [1.29, 1.82) is 0 Å². The maximum Gasteiger partial charge on any atom is 0.191 e. The van der Waals surface area contributed by atoms with Crippen LogP contribution >= 0.6 is 11.8 Å². The number of thioether (sulfide) groups is 1. The lowest BCUT2D eigenvalue weighted by Crippen LogP contribution is -2.07. The molecule has 0 aromatic carbocycles. The van der Waals surface area contributed by atoms with Crippen LogP contribution in [-0.2, 0) is 13.6 Å². The Labute approximate surface area is 157 Å². The summed E-state index contributed by atoms with van der Waals surface area (Å²) >= 11 is 1.41. The number of hydrogen-bond donors (Lipinski definition) is 0. The standard InChI is InChI=1S/C19H24N4O2S/c1-6-8-23-12(2)10-16(13(23)3)17(24)11-26-19-21-20-18(22(19)5)15-7-9-25-14(15)4/h7,9-10H,6,8,11H2,1-5H3. The van der Waals surface area contributed by atoms with E-state index in [1.54, 1.807) is 6.26 Å². The summed E-state index contributed by atoms with van der Waals surface area (Å²) in [5.41, 5.74) is 3.90. The van der Waals surface area contributed by atoms with Gasteiger partial charge in [0, 0.05) is 30.5 Å². The molecule has 3 rings (SSSR count). The van der Waals surface area contributed by atoms with E-state index in [0.29, 0.717) is 5.75 Å². The van der Waals surface area contributed by atoms with Gasteiger partial charge < -0.3 is 13.6 Å². The predicted molar refractivity (Wildman–Crippen MR) is 103 cm³/mol. The van der Waals surface area contributed by atoms with Crippen molar-refractivity contribution >= 4 is 17.5 Å². The minimum atomic E-state index is 0.120. The zero-order chi connectivity index (χ0) is 18.8. The van der Waals surface area contributed by atoms with Crippen LogP contribution in [0, 0.1) is 20.8 Å². The second-order valence-electron chi connectivity index (χ2n) is 6.40. The van der Waals surface area contributed by atoms with E-state index in [1.165, 1.54) is 11.8 Å². The van der Waals surface area contributed by atoms with Crippen LogP contribution in [0.4, 0.5) is 0 Å². The Morgan fingerprint density at radius 1 is 1.27 bits per heavy atom. The zero-order valence-corrected chi connectivity index (χ0v) is 16.7. The van der Waals surface area contributed by atoms with Crippen LogP contribution in [0.15, 0.2) is 28.0 Å². The topological polar surface area (TPSA) is 65.8 Å². The Morgan fingerprint density at radius 3 is 2.69 bits per heavy atom. The average molecular weight is 372 g/mol. The monoisotopic (exact) mass is 372 g/mol. The van der Waals surface area contributed by atoms with E-state index in [-0.39, 0.29) is 5.78 Å². The van der Waals surface area contributed by atoms with Crippen molar-refractivity contribution in [3.63, 3.8) is 0 Å². The molecule has 26 heavy (non-hydrogen) atoms. The number of furan rings is 1. The number of hydrogen-bond acceptors (Lipinski definition) is 5. The normalized spacial score (nSPS) is 11.3. The van der Waals surface area contributed by atoms with E-state index < -0.39 is 0 Å². The number of aryl methyl sites for hydroxylation is 2. The highest BCUT2D eigenvalue weighted by molar-refractivity contribution is 7.99. The first-order valence-corrected chi connectivity index (χ1v) is 9.69. The van der Waals surface area contributed by atoms with Crippen LogP contribution in [0.5, 0.6) is 0 Å². The first-order chi connectivity index (χ1) is 12.4.